The SMILES string of the molecule is C=CC[C@H](N)c1cc(O)ccc1Br.Cl. The molecule has 1 rings (SSSR count). The Morgan fingerprint density at radius 3 is 2.79 bits per heavy atom. The van der Waals surface area contributed by atoms with Gasteiger partial charge in [0, 0.05) is 10.5 Å². The third-order valence-corrected chi connectivity index (χ3v) is 2.52. The van der Waals surface area contributed by atoms with E-state index in [0.717, 1.165) is 10.0 Å². The smallest absolute Gasteiger partial charge is 0.115 e. The van der Waals surface area contributed by atoms with Gasteiger partial charge < -0.3 is 10.8 Å². The molecular weight excluding hydrogens is 265 g/mol. The Labute approximate surface area is 98.4 Å². The minimum atomic E-state index is -0.112. The number of hydrogen-bond acceptors (Lipinski definition) is 2. The van der Waals surface area contributed by atoms with Crippen LogP contribution >= 0.6 is 28.3 Å². The number of benzene rings is 1. The molecule has 0 fully saturated rings. The lowest BCUT2D eigenvalue weighted by Gasteiger charge is -2.11. The maximum absolute atomic E-state index is 9.25. The summed E-state index contributed by atoms with van der Waals surface area (Å²) in [4.78, 5) is 0. The number of aromatic hydroxyl groups is 1. The van der Waals surface area contributed by atoms with Crippen molar-refractivity contribution in [1.82, 2.24) is 0 Å². The Kier molecular flexibility index (Phi) is 5.84. The van der Waals surface area contributed by atoms with Crippen molar-refractivity contribution in [2.75, 3.05) is 0 Å². The fourth-order valence-electron chi connectivity index (χ4n) is 1.12. The zero-order valence-electron chi connectivity index (χ0n) is 7.61. The molecule has 0 saturated carbocycles. The van der Waals surface area contributed by atoms with Gasteiger partial charge in [-0.15, -0.1) is 19.0 Å². The highest BCUT2D eigenvalue weighted by Gasteiger charge is 2.08. The van der Waals surface area contributed by atoms with E-state index in [0.29, 0.717) is 6.42 Å². The highest BCUT2D eigenvalue weighted by molar-refractivity contribution is 9.10. The van der Waals surface area contributed by atoms with E-state index >= 15 is 0 Å². The predicted octanol–water partition coefficient (Wildman–Crippen LogP) is 3.15. The van der Waals surface area contributed by atoms with E-state index in [1.807, 2.05) is 0 Å². The Morgan fingerprint density at radius 1 is 1.57 bits per heavy atom. The van der Waals surface area contributed by atoms with E-state index in [2.05, 4.69) is 22.5 Å². The topological polar surface area (TPSA) is 46.2 Å². The Hall–Kier alpha value is -0.510. The van der Waals surface area contributed by atoms with Crippen molar-refractivity contribution < 1.29 is 5.11 Å². The molecule has 0 aliphatic heterocycles. The van der Waals surface area contributed by atoms with Crippen LogP contribution in [0.2, 0.25) is 0 Å². The first kappa shape index (κ1) is 13.5. The summed E-state index contributed by atoms with van der Waals surface area (Å²) in [6.07, 6.45) is 2.46. The van der Waals surface area contributed by atoms with Gasteiger partial charge in [-0.25, -0.2) is 0 Å². The van der Waals surface area contributed by atoms with Crippen LogP contribution in [0.1, 0.15) is 18.0 Å². The molecule has 14 heavy (non-hydrogen) atoms. The summed E-state index contributed by atoms with van der Waals surface area (Å²) in [6, 6.07) is 4.96. The molecule has 78 valence electrons. The summed E-state index contributed by atoms with van der Waals surface area (Å²) < 4.78 is 0.916. The van der Waals surface area contributed by atoms with E-state index in [1.54, 1.807) is 24.3 Å². The zero-order valence-corrected chi connectivity index (χ0v) is 10.0. The number of phenolic OH excluding ortho intramolecular Hbond substituents is 1. The number of phenols is 1. The van der Waals surface area contributed by atoms with Crippen molar-refractivity contribution in [2.24, 2.45) is 5.73 Å². The molecule has 0 aliphatic rings. The maximum Gasteiger partial charge on any atom is 0.115 e. The second kappa shape index (κ2) is 6.06. The van der Waals surface area contributed by atoms with Crippen LogP contribution in [0.4, 0.5) is 0 Å². The average molecular weight is 279 g/mol. The largest absolute Gasteiger partial charge is 0.508 e. The van der Waals surface area contributed by atoms with Crippen LogP contribution in [-0.2, 0) is 0 Å². The molecule has 0 aromatic heterocycles. The molecule has 0 saturated heterocycles. The highest BCUT2D eigenvalue weighted by atomic mass is 79.9. The van der Waals surface area contributed by atoms with E-state index in [-0.39, 0.29) is 24.2 Å². The fraction of sp³-hybridized carbons (Fsp3) is 0.200. The molecule has 4 heteroatoms. The van der Waals surface area contributed by atoms with Gasteiger partial charge in [0.1, 0.15) is 5.75 Å². The van der Waals surface area contributed by atoms with Crippen LogP contribution in [0.25, 0.3) is 0 Å². The molecule has 0 radical (unpaired) electrons. The molecule has 0 amide bonds. The van der Waals surface area contributed by atoms with Crippen molar-refractivity contribution in [1.29, 1.82) is 0 Å². The molecular formula is C10H13BrClNO. The average Bonchev–Trinajstić information content (AvgIpc) is 2.09. The quantitative estimate of drug-likeness (QED) is 0.834. The molecule has 1 atom stereocenters. The monoisotopic (exact) mass is 277 g/mol. The van der Waals surface area contributed by atoms with Gasteiger partial charge >= 0.3 is 0 Å². The number of rotatable bonds is 3. The summed E-state index contributed by atoms with van der Waals surface area (Å²) >= 11 is 3.38. The molecule has 1 aromatic rings. The Balaban J connectivity index is 0.00000169. The van der Waals surface area contributed by atoms with Crippen LogP contribution in [0, 0.1) is 0 Å². The predicted molar refractivity (Wildman–Crippen MR) is 64.8 cm³/mol. The summed E-state index contributed by atoms with van der Waals surface area (Å²) in [6.45, 7) is 3.62. The zero-order chi connectivity index (χ0) is 9.84. The summed E-state index contributed by atoms with van der Waals surface area (Å²) in [5.41, 5.74) is 6.77. The Bertz CT molecular complexity index is 317. The minimum absolute atomic E-state index is 0. The second-order valence-electron chi connectivity index (χ2n) is 2.84. The molecule has 0 unspecified atom stereocenters. The van der Waals surface area contributed by atoms with Gasteiger partial charge in [0.25, 0.3) is 0 Å². The van der Waals surface area contributed by atoms with E-state index < -0.39 is 0 Å². The Morgan fingerprint density at radius 2 is 2.21 bits per heavy atom. The standard InChI is InChI=1S/C10H12BrNO.ClH/c1-2-3-10(12)8-6-7(13)4-5-9(8)11;/h2,4-6,10,13H,1,3,12H2;1H/t10-;/m0./s1. The van der Waals surface area contributed by atoms with Crippen molar-refractivity contribution >= 4 is 28.3 Å². The van der Waals surface area contributed by atoms with Gasteiger partial charge in [-0.3, -0.25) is 0 Å². The van der Waals surface area contributed by atoms with Gasteiger partial charge in [-0.1, -0.05) is 22.0 Å². The maximum atomic E-state index is 9.25. The molecule has 0 bridgehead atoms. The lowest BCUT2D eigenvalue weighted by molar-refractivity contribution is 0.473. The summed E-state index contributed by atoms with van der Waals surface area (Å²) in [5.74, 6) is 0.234. The number of halogens is 2. The summed E-state index contributed by atoms with van der Waals surface area (Å²) in [7, 11) is 0. The third kappa shape index (κ3) is 3.33. The molecule has 2 nitrogen and oxygen atoms in total. The molecule has 1 aromatic carbocycles. The van der Waals surface area contributed by atoms with E-state index in [4.69, 9.17) is 5.73 Å². The third-order valence-electron chi connectivity index (χ3n) is 1.80. The lowest BCUT2D eigenvalue weighted by atomic mass is 10.0. The van der Waals surface area contributed by atoms with Gasteiger partial charge in [0.15, 0.2) is 0 Å². The van der Waals surface area contributed by atoms with E-state index in [9.17, 15) is 5.11 Å². The molecule has 0 aliphatic carbocycles. The summed E-state index contributed by atoms with van der Waals surface area (Å²) in [5, 5.41) is 9.25. The number of hydrogen-bond donors (Lipinski definition) is 2. The molecule has 3 N–H and O–H groups in total. The van der Waals surface area contributed by atoms with Crippen LogP contribution in [0.15, 0.2) is 35.3 Å². The molecule has 0 spiro atoms. The van der Waals surface area contributed by atoms with Gasteiger partial charge in [0.2, 0.25) is 0 Å². The van der Waals surface area contributed by atoms with Crippen molar-refractivity contribution in [2.45, 2.75) is 12.5 Å². The second-order valence-corrected chi connectivity index (χ2v) is 3.69. The van der Waals surface area contributed by atoms with E-state index in [1.165, 1.54) is 0 Å². The lowest BCUT2D eigenvalue weighted by Crippen LogP contribution is -2.09. The van der Waals surface area contributed by atoms with Crippen LogP contribution in [0.3, 0.4) is 0 Å². The molecule has 0 heterocycles. The normalized spacial score (nSPS) is 11.6. The first-order valence-corrected chi connectivity index (χ1v) is 4.79. The van der Waals surface area contributed by atoms with Crippen molar-refractivity contribution in [3.63, 3.8) is 0 Å². The van der Waals surface area contributed by atoms with Crippen molar-refractivity contribution in [3.8, 4) is 5.75 Å². The highest BCUT2D eigenvalue weighted by Crippen LogP contribution is 2.27. The van der Waals surface area contributed by atoms with Crippen molar-refractivity contribution in [3.05, 3.63) is 40.9 Å². The fourth-order valence-corrected chi connectivity index (χ4v) is 1.66. The van der Waals surface area contributed by atoms with Gasteiger partial charge in [-0.2, -0.15) is 0 Å². The first-order chi connectivity index (χ1) is 6.15. The minimum Gasteiger partial charge on any atom is -0.508 e. The van der Waals surface area contributed by atoms with Gasteiger partial charge in [-0.05, 0) is 30.2 Å². The van der Waals surface area contributed by atoms with Crippen LogP contribution < -0.4 is 5.73 Å². The van der Waals surface area contributed by atoms with Gasteiger partial charge in [0.05, 0.1) is 0 Å². The van der Waals surface area contributed by atoms with Crippen LogP contribution in [-0.4, -0.2) is 5.11 Å². The number of nitrogens with two attached hydrogens (primary N) is 1. The van der Waals surface area contributed by atoms with Crippen LogP contribution in [0.5, 0.6) is 5.75 Å². The first-order valence-electron chi connectivity index (χ1n) is 4.00.